The molecule has 1 aromatic carbocycles. The van der Waals surface area contributed by atoms with Gasteiger partial charge in [0, 0.05) is 31.1 Å². The summed E-state index contributed by atoms with van der Waals surface area (Å²) in [6, 6.07) is 10.4. The first-order valence-electron chi connectivity index (χ1n) is 8.56. The van der Waals surface area contributed by atoms with Crippen molar-refractivity contribution in [2.45, 2.75) is 38.0 Å². The van der Waals surface area contributed by atoms with Gasteiger partial charge in [-0.1, -0.05) is 37.3 Å². The zero-order chi connectivity index (χ0) is 16.4. The number of rotatable bonds is 7. The topological polar surface area (TPSA) is 45.7 Å². The van der Waals surface area contributed by atoms with Gasteiger partial charge in [-0.15, -0.1) is 24.0 Å². The lowest BCUT2D eigenvalue weighted by molar-refractivity contribution is 0.0782. The molecule has 4 nitrogen and oxygen atoms in total. The second-order valence-corrected chi connectivity index (χ2v) is 7.49. The van der Waals surface area contributed by atoms with Crippen LogP contribution in [0.4, 0.5) is 0 Å². The number of ether oxygens (including phenoxy) is 1. The molecule has 0 spiro atoms. The predicted octanol–water partition coefficient (Wildman–Crippen LogP) is 3.66. The Labute approximate surface area is 167 Å². The Morgan fingerprint density at radius 2 is 1.88 bits per heavy atom. The van der Waals surface area contributed by atoms with E-state index in [0.717, 1.165) is 50.9 Å². The summed E-state index contributed by atoms with van der Waals surface area (Å²) in [4.78, 5) is 4.71. The molecule has 136 valence electrons. The van der Waals surface area contributed by atoms with Crippen molar-refractivity contribution in [1.82, 2.24) is 10.6 Å². The number of benzene rings is 1. The van der Waals surface area contributed by atoms with E-state index in [4.69, 9.17) is 9.73 Å². The third kappa shape index (κ3) is 7.19. The molecule has 0 unspecified atom stereocenters. The Kier molecular flexibility index (Phi) is 10.8. The summed E-state index contributed by atoms with van der Waals surface area (Å²) in [7, 11) is 0. The minimum Gasteiger partial charge on any atom is -0.381 e. The number of thioether (sulfide) groups is 1. The van der Waals surface area contributed by atoms with Gasteiger partial charge in [0.15, 0.2) is 5.96 Å². The standard InChI is InChI=1S/C18H29N3OS.HI/c1-3-19-17(20-14-16-8-6-5-7-9-16)21-15-18(23-4-2)10-12-22-13-11-18;/h5-9H,3-4,10-15H2,1-2H3,(H2,19,20,21);1H. The first kappa shape index (κ1) is 21.6. The van der Waals surface area contributed by atoms with Gasteiger partial charge in [0.25, 0.3) is 0 Å². The highest BCUT2D eigenvalue weighted by Gasteiger charge is 2.32. The average molecular weight is 463 g/mol. The fourth-order valence-electron chi connectivity index (χ4n) is 2.76. The molecule has 1 aromatic rings. The number of hydrogen-bond donors (Lipinski definition) is 2. The number of aliphatic imine (C=N–C) groups is 1. The maximum atomic E-state index is 5.54. The fraction of sp³-hybridized carbons (Fsp3) is 0.611. The van der Waals surface area contributed by atoms with Crippen LogP contribution < -0.4 is 10.6 Å². The summed E-state index contributed by atoms with van der Waals surface area (Å²) in [6.07, 6.45) is 2.22. The first-order valence-corrected chi connectivity index (χ1v) is 9.54. The van der Waals surface area contributed by atoms with Crippen molar-refractivity contribution in [3.05, 3.63) is 35.9 Å². The van der Waals surface area contributed by atoms with Gasteiger partial charge in [-0.3, -0.25) is 0 Å². The molecule has 24 heavy (non-hydrogen) atoms. The van der Waals surface area contributed by atoms with Crippen LogP contribution in [0.3, 0.4) is 0 Å². The van der Waals surface area contributed by atoms with Crippen LogP contribution in [0.1, 0.15) is 32.3 Å². The monoisotopic (exact) mass is 463 g/mol. The maximum absolute atomic E-state index is 5.54. The number of guanidine groups is 1. The largest absolute Gasteiger partial charge is 0.381 e. The van der Waals surface area contributed by atoms with Gasteiger partial charge in [-0.25, -0.2) is 4.99 Å². The molecule has 0 bridgehead atoms. The van der Waals surface area contributed by atoms with Crippen LogP contribution in [0.15, 0.2) is 35.3 Å². The molecule has 0 atom stereocenters. The van der Waals surface area contributed by atoms with Crippen LogP contribution in [0.5, 0.6) is 0 Å². The molecular formula is C18H30IN3OS. The molecule has 1 fully saturated rings. The summed E-state index contributed by atoms with van der Waals surface area (Å²) in [5, 5.41) is 6.90. The van der Waals surface area contributed by atoms with E-state index in [1.165, 1.54) is 5.56 Å². The van der Waals surface area contributed by atoms with Gasteiger partial charge >= 0.3 is 0 Å². The molecule has 0 aromatic heterocycles. The minimum atomic E-state index is 0. The number of nitrogens with one attached hydrogen (secondary N) is 2. The van der Waals surface area contributed by atoms with Gasteiger partial charge in [0.2, 0.25) is 0 Å². The first-order chi connectivity index (χ1) is 11.3. The van der Waals surface area contributed by atoms with Gasteiger partial charge in [-0.2, -0.15) is 11.8 Å². The quantitative estimate of drug-likeness (QED) is 0.368. The highest BCUT2D eigenvalue weighted by atomic mass is 127. The lowest BCUT2D eigenvalue weighted by atomic mass is 9.99. The molecule has 2 rings (SSSR count). The van der Waals surface area contributed by atoms with Crippen molar-refractivity contribution in [3.8, 4) is 0 Å². The maximum Gasteiger partial charge on any atom is 0.191 e. The second kappa shape index (κ2) is 12.0. The molecule has 1 aliphatic rings. The normalized spacial score (nSPS) is 17.0. The smallest absolute Gasteiger partial charge is 0.191 e. The highest BCUT2D eigenvalue weighted by molar-refractivity contribution is 14.0. The molecule has 1 heterocycles. The molecule has 1 saturated heterocycles. The van der Waals surface area contributed by atoms with E-state index in [-0.39, 0.29) is 28.7 Å². The summed E-state index contributed by atoms with van der Waals surface area (Å²) < 4.78 is 5.82. The van der Waals surface area contributed by atoms with Crippen molar-refractivity contribution in [3.63, 3.8) is 0 Å². The zero-order valence-electron chi connectivity index (χ0n) is 14.7. The van der Waals surface area contributed by atoms with Crippen molar-refractivity contribution in [2.75, 3.05) is 32.1 Å². The van der Waals surface area contributed by atoms with E-state index >= 15 is 0 Å². The number of nitrogens with zero attached hydrogens (tertiary/aromatic N) is 1. The van der Waals surface area contributed by atoms with E-state index in [0.29, 0.717) is 6.54 Å². The van der Waals surface area contributed by atoms with E-state index in [2.05, 4.69) is 48.7 Å². The molecule has 6 heteroatoms. The van der Waals surface area contributed by atoms with E-state index in [1.54, 1.807) is 0 Å². The Bertz CT molecular complexity index is 473. The Morgan fingerprint density at radius 1 is 1.17 bits per heavy atom. The van der Waals surface area contributed by atoms with Gasteiger partial charge in [0.1, 0.15) is 0 Å². The van der Waals surface area contributed by atoms with Crippen molar-refractivity contribution < 1.29 is 4.74 Å². The predicted molar refractivity (Wildman–Crippen MR) is 116 cm³/mol. The van der Waals surface area contributed by atoms with Crippen molar-refractivity contribution in [1.29, 1.82) is 0 Å². The Morgan fingerprint density at radius 3 is 2.50 bits per heavy atom. The van der Waals surface area contributed by atoms with Gasteiger partial charge < -0.3 is 15.4 Å². The van der Waals surface area contributed by atoms with Crippen LogP contribution in [-0.2, 0) is 11.3 Å². The molecule has 0 amide bonds. The number of hydrogen-bond acceptors (Lipinski definition) is 3. The SMILES string of the molecule is CCNC(=NCc1ccccc1)NCC1(SCC)CCOCC1.I. The summed E-state index contributed by atoms with van der Waals surface area (Å²) >= 11 is 2.05. The average Bonchev–Trinajstić information content (AvgIpc) is 2.59. The molecule has 1 aliphatic heterocycles. The molecule has 2 N–H and O–H groups in total. The van der Waals surface area contributed by atoms with Gasteiger partial charge in [-0.05, 0) is 31.1 Å². The molecule has 0 radical (unpaired) electrons. The van der Waals surface area contributed by atoms with Gasteiger partial charge in [0.05, 0.1) is 6.54 Å². The summed E-state index contributed by atoms with van der Waals surface area (Å²) in [6.45, 7) is 8.58. The van der Waals surface area contributed by atoms with Crippen LogP contribution in [0.25, 0.3) is 0 Å². The third-order valence-electron chi connectivity index (χ3n) is 4.04. The molecular weight excluding hydrogens is 433 g/mol. The van der Waals surface area contributed by atoms with Crippen LogP contribution >= 0.6 is 35.7 Å². The minimum absolute atomic E-state index is 0. The lowest BCUT2D eigenvalue weighted by Crippen LogP contribution is -2.48. The Hall–Kier alpha value is -0.470. The highest BCUT2D eigenvalue weighted by Crippen LogP contribution is 2.34. The van der Waals surface area contributed by atoms with Crippen LogP contribution in [0, 0.1) is 0 Å². The van der Waals surface area contributed by atoms with E-state index in [1.807, 2.05) is 17.8 Å². The zero-order valence-corrected chi connectivity index (χ0v) is 17.9. The Balaban J connectivity index is 0.00000288. The fourth-order valence-corrected chi connectivity index (χ4v) is 4.00. The van der Waals surface area contributed by atoms with E-state index < -0.39 is 0 Å². The summed E-state index contributed by atoms with van der Waals surface area (Å²) in [5.41, 5.74) is 1.23. The van der Waals surface area contributed by atoms with Crippen molar-refractivity contribution in [2.24, 2.45) is 4.99 Å². The second-order valence-electron chi connectivity index (χ2n) is 5.76. The van der Waals surface area contributed by atoms with Crippen molar-refractivity contribution >= 4 is 41.7 Å². The molecule has 0 saturated carbocycles. The lowest BCUT2D eigenvalue weighted by Gasteiger charge is -2.37. The van der Waals surface area contributed by atoms with Crippen LogP contribution in [-0.4, -0.2) is 42.8 Å². The summed E-state index contributed by atoms with van der Waals surface area (Å²) in [5.74, 6) is 2.04. The molecule has 0 aliphatic carbocycles. The van der Waals surface area contributed by atoms with E-state index in [9.17, 15) is 0 Å². The van der Waals surface area contributed by atoms with Crippen LogP contribution in [0.2, 0.25) is 0 Å². The third-order valence-corrected chi connectivity index (χ3v) is 5.49. The number of halogens is 1.